The van der Waals surface area contributed by atoms with Gasteiger partial charge in [0.1, 0.15) is 6.54 Å². The SMILES string of the molecule is COc1ccc(C(=O)N(C)CC(=O)N2c3ccccc3NC(=O)CC2C)cn1. The van der Waals surface area contributed by atoms with E-state index in [1.165, 1.54) is 18.2 Å². The maximum Gasteiger partial charge on any atom is 0.255 e. The van der Waals surface area contributed by atoms with Crippen LogP contribution in [0.2, 0.25) is 0 Å². The molecular weight excluding hydrogens is 360 g/mol. The summed E-state index contributed by atoms with van der Waals surface area (Å²) in [7, 11) is 3.05. The van der Waals surface area contributed by atoms with Gasteiger partial charge in [0.15, 0.2) is 0 Å². The first-order chi connectivity index (χ1) is 13.4. The lowest BCUT2D eigenvalue weighted by molar-refractivity contribution is -0.119. The molecule has 2 aromatic rings. The van der Waals surface area contributed by atoms with E-state index in [4.69, 9.17) is 4.74 Å². The molecule has 28 heavy (non-hydrogen) atoms. The predicted octanol–water partition coefficient (Wildman–Crippen LogP) is 1.93. The van der Waals surface area contributed by atoms with Crippen LogP contribution in [0.5, 0.6) is 5.88 Å². The normalized spacial score (nSPS) is 15.9. The number of anilines is 2. The molecule has 8 nitrogen and oxygen atoms in total. The van der Waals surface area contributed by atoms with Gasteiger partial charge >= 0.3 is 0 Å². The number of methoxy groups -OCH3 is 1. The molecule has 1 atom stereocenters. The number of likely N-dealkylation sites (N-methyl/N-ethyl adjacent to an activating group) is 1. The Hall–Kier alpha value is -3.42. The molecule has 1 unspecified atom stereocenters. The number of pyridine rings is 1. The average molecular weight is 382 g/mol. The van der Waals surface area contributed by atoms with Crippen molar-refractivity contribution in [1.29, 1.82) is 0 Å². The number of hydrogen-bond acceptors (Lipinski definition) is 5. The number of fused-ring (bicyclic) bond motifs is 1. The zero-order chi connectivity index (χ0) is 20.3. The highest BCUT2D eigenvalue weighted by Gasteiger charge is 2.30. The van der Waals surface area contributed by atoms with Gasteiger partial charge in [-0.15, -0.1) is 0 Å². The Morgan fingerprint density at radius 1 is 1.29 bits per heavy atom. The van der Waals surface area contributed by atoms with Crippen molar-refractivity contribution in [1.82, 2.24) is 9.88 Å². The topological polar surface area (TPSA) is 91.8 Å². The molecule has 146 valence electrons. The van der Waals surface area contributed by atoms with Gasteiger partial charge in [0.05, 0.1) is 24.0 Å². The Morgan fingerprint density at radius 2 is 2.04 bits per heavy atom. The van der Waals surface area contributed by atoms with Crippen LogP contribution in [0.4, 0.5) is 11.4 Å². The monoisotopic (exact) mass is 382 g/mol. The van der Waals surface area contributed by atoms with E-state index in [0.717, 1.165) is 0 Å². The van der Waals surface area contributed by atoms with Gasteiger partial charge in [-0.05, 0) is 25.1 Å². The van der Waals surface area contributed by atoms with Crippen molar-refractivity contribution in [2.75, 3.05) is 30.9 Å². The van der Waals surface area contributed by atoms with Crippen LogP contribution in [0.25, 0.3) is 0 Å². The van der Waals surface area contributed by atoms with Gasteiger partial charge in [-0.25, -0.2) is 4.98 Å². The molecule has 1 aromatic carbocycles. The first-order valence-electron chi connectivity index (χ1n) is 8.87. The summed E-state index contributed by atoms with van der Waals surface area (Å²) < 4.78 is 4.99. The number of aromatic nitrogens is 1. The molecule has 1 aliphatic rings. The fraction of sp³-hybridized carbons (Fsp3) is 0.300. The molecule has 1 aromatic heterocycles. The lowest BCUT2D eigenvalue weighted by atomic mass is 10.1. The maximum atomic E-state index is 13.0. The lowest BCUT2D eigenvalue weighted by Gasteiger charge is -2.29. The second-order valence-electron chi connectivity index (χ2n) is 6.63. The first-order valence-corrected chi connectivity index (χ1v) is 8.87. The summed E-state index contributed by atoms with van der Waals surface area (Å²) in [4.78, 5) is 44.6. The molecule has 8 heteroatoms. The highest BCUT2D eigenvalue weighted by molar-refractivity contribution is 6.06. The number of para-hydroxylation sites is 2. The van der Waals surface area contributed by atoms with Crippen molar-refractivity contribution >= 4 is 29.1 Å². The first kappa shape index (κ1) is 19.3. The van der Waals surface area contributed by atoms with Crippen LogP contribution < -0.4 is 15.0 Å². The van der Waals surface area contributed by atoms with E-state index in [-0.39, 0.29) is 36.7 Å². The largest absolute Gasteiger partial charge is 0.481 e. The van der Waals surface area contributed by atoms with Crippen LogP contribution in [0.15, 0.2) is 42.6 Å². The Morgan fingerprint density at radius 3 is 2.71 bits per heavy atom. The minimum atomic E-state index is -0.331. The van der Waals surface area contributed by atoms with E-state index in [0.29, 0.717) is 22.8 Å². The van der Waals surface area contributed by atoms with Crippen molar-refractivity contribution in [3.8, 4) is 5.88 Å². The summed E-state index contributed by atoms with van der Waals surface area (Å²) in [5, 5.41) is 2.82. The zero-order valence-corrected chi connectivity index (χ0v) is 16.0. The molecule has 0 radical (unpaired) electrons. The van der Waals surface area contributed by atoms with E-state index in [9.17, 15) is 14.4 Å². The van der Waals surface area contributed by atoms with Gasteiger partial charge in [0.2, 0.25) is 17.7 Å². The molecule has 3 amide bonds. The number of carbonyl (C=O) groups excluding carboxylic acids is 3. The summed E-state index contributed by atoms with van der Waals surface area (Å²) in [6.07, 6.45) is 1.59. The van der Waals surface area contributed by atoms with Gasteiger partial charge in [0.25, 0.3) is 5.91 Å². The fourth-order valence-corrected chi connectivity index (χ4v) is 3.17. The number of ether oxygens (including phenoxy) is 1. The van der Waals surface area contributed by atoms with Crippen molar-refractivity contribution in [2.45, 2.75) is 19.4 Å². The molecule has 1 N–H and O–H groups in total. The molecule has 0 saturated carbocycles. The molecule has 2 heterocycles. The van der Waals surface area contributed by atoms with Gasteiger partial charge in [-0.1, -0.05) is 12.1 Å². The Kier molecular flexibility index (Phi) is 5.58. The molecule has 1 aliphatic heterocycles. The molecule has 0 saturated heterocycles. The van der Waals surface area contributed by atoms with Gasteiger partial charge in [0, 0.05) is 31.8 Å². The summed E-state index contributed by atoms with van der Waals surface area (Å²) in [6.45, 7) is 1.69. The summed E-state index contributed by atoms with van der Waals surface area (Å²) >= 11 is 0. The maximum absolute atomic E-state index is 13.0. The Bertz CT molecular complexity index is 897. The van der Waals surface area contributed by atoms with Crippen molar-refractivity contribution in [2.24, 2.45) is 0 Å². The highest BCUT2D eigenvalue weighted by Crippen LogP contribution is 2.31. The molecule has 0 spiro atoms. The number of nitrogens with zero attached hydrogens (tertiary/aromatic N) is 3. The second kappa shape index (κ2) is 8.08. The number of benzene rings is 1. The quantitative estimate of drug-likeness (QED) is 0.872. The smallest absolute Gasteiger partial charge is 0.255 e. The second-order valence-corrected chi connectivity index (χ2v) is 6.63. The minimum Gasteiger partial charge on any atom is -0.481 e. The van der Waals surface area contributed by atoms with E-state index >= 15 is 0 Å². The fourth-order valence-electron chi connectivity index (χ4n) is 3.17. The van der Waals surface area contributed by atoms with Gasteiger partial charge < -0.3 is 19.9 Å². The molecule has 0 fully saturated rings. The third-order valence-electron chi connectivity index (χ3n) is 4.54. The Balaban J connectivity index is 1.79. The summed E-state index contributed by atoms with van der Waals surface area (Å²) in [6, 6.07) is 10.00. The van der Waals surface area contributed by atoms with E-state index < -0.39 is 0 Å². The minimum absolute atomic E-state index is 0.127. The van der Waals surface area contributed by atoms with Crippen molar-refractivity contribution in [3.63, 3.8) is 0 Å². The highest BCUT2D eigenvalue weighted by atomic mass is 16.5. The number of carbonyl (C=O) groups is 3. The van der Waals surface area contributed by atoms with Crippen LogP contribution in [0, 0.1) is 0 Å². The Labute approximate surface area is 163 Å². The molecule has 3 rings (SSSR count). The average Bonchev–Trinajstić information content (AvgIpc) is 2.81. The lowest BCUT2D eigenvalue weighted by Crippen LogP contribution is -2.45. The molecule has 0 aliphatic carbocycles. The number of amides is 3. The summed E-state index contributed by atoms with van der Waals surface area (Å²) in [5.74, 6) is -0.339. The molecular formula is C20H22N4O4. The van der Waals surface area contributed by atoms with Crippen LogP contribution in [-0.2, 0) is 9.59 Å². The van der Waals surface area contributed by atoms with Crippen LogP contribution >= 0.6 is 0 Å². The number of hydrogen-bond donors (Lipinski definition) is 1. The van der Waals surface area contributed by atoms with Crippen LogP contribution in [0.3, 0.4) is 0 Å². The van der Waals surface area contributed by atoms with Crippen molar-refractivity contribution < 1.29 is 19.1 Å². The standard InChI is InChI=1S/C20H22N4O4/c1-13-10-17(25)22-15-6-4-5-7-16(15)24(13)19(26)12-23(2)20(27)14-8-9-18(28-3)21-11-14/h4-9,11,13H,10,12H2,1-3H3,(H,22,25). The van der Waals surface area contributed by atoms with E-state index in [1.54, 1.807) is 48.3 Å². The zero-order valence-electron chi connectivity index (χ0n) is 16.0. The molecule has 0 bridgehead atoms. The third kappa shape index (κ3) is 3.95. The number of rotatable bonds is 4. The van der Waals surface area contributed by atoms with Gasteiger partial charge in [-0.3, -0.25) is 14.4 Å². The van der Waals surface area contributed by atoms with Crippen LogP contribution in [0.1, 0.15) is 23.7 Å². The third-order valence-corrected chi connectivity index (χ3v) is 4.54. The predicted molar refractivity (Wildman–Crippen MR) is 104 cm³/mol. The van der Waals surface area contributed by atoms with Crippen molar-refractivity contribution in [3.05, 3.63) is 48.2 Å². The van der Waals surface area contributed by atoms with Gasteiger partial charge in [-0.2, -0.15) is 0 Å². The van der Waals surface area contributed by atoms with E-state index in [2.05, 4.69) is 10.3 Å². The van der Waals surface area contributed by atoms with Crippen LogP contribution in [-0.4, -0.2) is 54.3 Å². The summed E-state index contributed by atoms with van der Waals surface area (Å²) in [5.41, 5.74) is 1.56. The van der Waals surface area contributed by atoms with E-state index in [1.807, 2.05) is 6.92 Å². The number of nitrogens with one attached hydrogen (secondary N) is 1.